The minimum absolute atomic E-state index is 0.0670. The molecule has 14 heavy (non-hydrogen) atoms. The smallest absolute Gasteiger partial charge is 0.243 e. The molecule has 1 unspecified atom stereocenters. The molecular formula is C10H10F4. The summed E-state index contributed by atoms with van der Waals surface area (Å²) in [4.78, 5) is 0. The van der Waals surface area contributed by atoms with Gasteiger partial charge in [0.15, 0.2) is 0 Å². The molecule has 0 bridgehead atoms. The van der Waals surface area contributed by atoms with Crippen molar-refractivity contribution in [3.05, 3.63) is 34.9 Å². The third-order valence-corrected chi connectivity index (χ3v) is 1.89. The maximum absolute atomic E-state index is 12.8. The van der Waals surface area contributed by atoms with Crippen molar-refractivity contribution < 1.29 is 17.6 Å². The van der Waals surface area contributed by atoms with Crippen molar-refractivity contribution in [2.75, 3.05) is 0 Å². The molecular weight excluding hydrogens is 196 g/mol. The normalized spacial score (nSPS) is 14.1. The van der Waals surface area contributed by atoms with Gasteiger partial charge in [-0.2, -0.15) is 13.2 Å². The van der Waals surface area contributed by atoms with Gasteiger partial charge in [0.1, 0.15) is 6.17 Å². The largest absolute Gasteiger partial charge is 0.416 e. The molecule has 0 aromatic heterocycles. The van der Waals surface area contributed by atoms with Crippen molar-refractivity contribution in [2.24, 2.45) is 0 Å². The third kappa shape index (κ3) is 2.47. The lowest BCUT2D eigenvalue weighted by molar-refractivity contribution is -0.137. The first-order chi connectivity index (χ1) is 6.30. The Morgan fingerprint density at radius 1 is 1.14 bits per heavy atom. The summed E-state index contributed by atoms with van der Waals surface area (Å²) in [7, 11) is 0. The van der Waals surface area contributed by atoms with Crippen molar-refractivity contribution in [1.29, 1.82) is 0 Å². The van der Waals surface area contributed by atoms with Gasteiger partial charge in [-0.1, -0.05) is 11.6 Å². The summed E-state index contributed by atoms with van der Waals surface area (Å²) >= 11 is 0. The number of halogens is 4. The van der Waals surface area contributed by atoms with Crippen molar-refractivity contribution in [2.45, 2.75) is 26.2 Å². The summed E-state index contributed by atoms with van der Waals surface area (Å²) in [6.07, 6.45) is -5.79. The highest BCUT2D eigenvalue weighted by molar-refractivity contribution is 5.32. The van der Waals surface area contributed by atoms with Crippen LogP contribution in [0.3, 0.4) is 0 Å². The molecule has 0 aliphatic heterocycles. The molecule has 0 radical (unpaired) electrons. The maximum atomic E-state index is 12.8. The molecule has 1 aromatic carbocycles. The lowest BCUT2D eigenvalue weighted by atomic mass is 10.0. The van der Waals surface area contributed by atoms with E-state index in [1.807, 2.05) is 0 Å². The SMILES string of the molecule is Cc1cc(C(C)F)cc(C(F)(F)F)c1. The van der Waals surface area contributed by atoms with E-state index in [4.69, 9.17) is 0 Å². The van der Waals surface area contributed by atoms with Crippen molar-refractivity contribution in [1.82, 2.24) is 0 Å². The molecule has 1 atom stereocenters. The second-order valence-corrected chi connectivity index (χ2v) is 3.25. The number of alkyl halides is 4. The number of hydrogen-bond acceptors (Lipinski definition) is 0. The molecule has 0 spiro atoms. The van der Waals surface area contributed by atoms with Crippen molar-refractivity contribution >= 4 is 0 Å². The first-order valence-corrected chi connectivity index (χ1v) is 4.13. The Morgan fingerprint density at radius 2 is 1.71 bits per heavy atom. The monoisotopic (exact) mass is 206 g/mol. The molecule has 0 amide bonds. The van der Waals surface area contributed by atoms with Crippen LogP contribution in [0, 0.1) is 6.92 Å². The summed E-state index contributed by atoms with van der Waals surface area (Å²) in [5.74, 6) is 0. The van der Waals surface area contributed by atoms with E-state index in [0.29, 0.717) is 5.56 Å². The molecule has 1 rings (SSSR count). The quantitative estimate of drug-likeness (QED) is 0.608. The Bertz CT molecular complexity index is 325. The van der Waals surface area contributed by atoms with E-state index in [1.165, 1.54) is 19.9 Å². The number of aryl methyl sites for hydroxylation is 1. The Kier molecular flexibility index (Phi) is 2.83. The van der Waals surface area contributed by atoms with Crippen LogP contribution in [-0.4, -0.2) is 0 Å². The zero-order valence-corrected chi connectivity index (χ0v) is 7.82. The molecule has 0 saturated carbocycles. The van der Waals surface area contributed by atoms with E-state index in [9.17, 15) is 17.6 Å². The molecule has 78 valence electrons. The summed E-state index contributed by atoms with van der Waals surface area (Å²) in [6.45, 7) is 2.73. The van der Waals surface area contributed by atoms with Gasteiger partial charge in [0, 0.05) is 0 Å². The average Bonchev–Trinajstić information content (AvgIpc) is 2.01. The fourth-order valence-electron chi connectivity index (χ4n) is 1.21. The zero-order chi connectivity index (χ0) is 10.9. The van der Waals surface area contributed by atoms with E-state index >= 15 is 0 Å². The summed E-state index contributed by atoms with van der Waals surface area (Å²) in [6, 6.07) is 3.27. The van der Waals surface area contributed by atoms with E-state index in [-0.39, 0.29) is 5.56 Å². The van der Waals surface area contributed by atoms with Gasteiger partial charge < -0.3 is 0 Å². The van der Waals surface area contributed by atoms with E-state index in [1.54, 1.807) is 0 Å². The highest BCUT2D eigenvalue weighted by Gasteiger charge is 2.31. The summed E-state index contributed by atoms with van der Waals surface area (Å²) < 4.78 is 49.7. The minimum atomic E-state index is -4.41. The molecule has 0 heterocycles. The van der Waals surface area contributed by atoms with Gasteiger partial charge in [-0.25, -0.2) is 4.39 Å². The predicted molar refractivity (Wildman–Crippen MR) is 45.7 cm³/mol. The third-order valence-electron chi connectivity index (χ3n) is 1.89. The Hall–Kier alpha value is -1.06. The molecule has 0 nitrogen and oxygen atoms in total. The maximum Gasteiger partial charge on any atom is 0.416 e. The van der Waals surface area contributed by atoms with Crippen LogP contribution in [0.2, 0.25) is 0 Å². The first-order valence-electron chi connectivity index (χ1n) is 4.13. The van der Waals surface area contributed by atoms with Gasteiger partial charge in [-0.15, -0.1) is 0 Å². The standard InChI is InChI=1S/C10H10F4/c1-6-3-8(7(2)11)5-9(4-6)10(12,13)14/h3-5,7H,1-2H3. The van der Waals surface area contributed by atoms with Crippen molar-refractivity contribution in [3.8, 4) is 0 Å². The van der Waals surface area contributed by atoms with E-state index in [0.717, 1.165) is 12.1 Å². The molecule has 0 aliphatic carbocycles. The van der Waals surface area contributed by atoms with Crippen LogP contribution in [0.4, 0.5) is 17.6 Å². The van der Waals surface area contributed by atoms with Gasteiger partial charge in [-0.3, -0.25) is 0 Å². The fourth-order valence-corrected chi connectivity index (χ4v) is 1.21. The van der Waals surface area contributed by atoms with E-state index < -0.39 is 17.9 Å². The van der Waals surface area contributed by atoms with Crippen LogP contribution >= 0.6 is 0 Å². The van der Waals surface area contributed by atoms with Gasteiger partial charge in [0.2, 0.25) is 0 Å². The minimum Gasteiger partial charge on any atom is -0.243 e. The van der Waals surface area contributed by atoms with Gasteiger partial charge in [0.05, 0.1) is 5.56 Å². The summed E-state index contributed by atoms with van der Waals surface area (Å²) in [5.41, 5.74) is -0.311. The number of rotatable bonds is 1. The van der Waals surface area contributed by atoms with Gasteiger partial charge in [-0.05, 0) is 31.5 Å². The molecule has 0 fully saturated rings. The van der Waals surface area contributed by atoms with Crippen LogP contribution in [0.5, 0.6) is 0 Å². The number of benzene rings is 1. The van der Waals surface area contributed by atoms with Crippen LogP contribution in [0.15, 0.2) is 18.2 Å². The predicted octanol–water partition coefficient (Wildman–Crippen LogP) is 4.04. The second-order valence-electron chi connectivity index (χ2n) is 3.25. The summed E-state index contributed by atoms with van der Waals surface area (Å²) in [5, 5.41) is 0. The average molecular weight is 206 g/mol. The van der Waals surface area contributed by atoms with Gasteiger partial charge >= 0.3 is 6.18 Å². The van der Waals surface area contributed by atoms with Crippen LogP contribution in [0.1, 0.15) is 29.8 Å². The molecule has 0 saturated heterocycles. The topological polar surface area (TPSA) is 0 Å². The Morgan fingerprint density at radius 3 is 2.14 bits per heavy atom. The first kappa shape index (κ1) is 11.0. The van der Waals surface area contributed by atoms with Crippen molar-refractivity contribution in [3.63, 3.8) is 0 Å². The molecule has 0 N–H and O–H groups in total. The highest BCUT2D eigenvalue weighted by Crippen LogP contribution is 2.32. The molecule has 0 aliphatic rings. The fraction of sp³-hybridized carbons (Fsp3) is 0.400. The molecule has 4 heteroatoms. The highest BCUT2D eigenvalue weighted by atomic mass is 19.4. The Labute approximate surface area is 79.6 Å². The van der Waals surface area contributed by atoms with Gasteiger partial charge in [0.25, 0.3) is 0 Å². The van der Waals surface area contributed by atoms with E-state index in [2.05, 4.69) is 0 Å². The lowest BCUT2D eigenvalue weighted by Crippen LogP contribution is -2.06. The van der Waals surface area contributed by atoms with Crippen LogP contribution in [0.25, 0.3) is 0 Å². The second kappa shape index (κ2) is 3.59. The Balaban J connectivity index is 3.21. The molecule has 1 aromatic rings. The lowest BCUT2D eigenvalue weighted by Gasteiger charge is -2.11. The van der Waals surface area contributed by atoms with Crippen LogP contribution < -0.4 is 0 Å². The van der Waals surface area contributed by atoms with Crippen LogP contribution in [-0.2, 0) is 6.18 Å². The number of hydrogen-bond donors (Lipinski definition) is 0. The zero-order valence-electron chi connectivity index (χ0n) is 7.82.